The van der Waals surface area contributed by atoms with Gasteiger partial charge in [0, 0.05) is 17.6 Å². The zero-order chi connectivity index (χ0) is 21.9. The molecule has 1 aliphatic rings. The molecule has 162 valence electrons. The number of methoxy groups -OCH3 is 1. The van der Waals surface area contributed by atoms with Crippen molar-refractivity contribution in [3.63, 3.8) is 0 Å². The maximum Gasteiger partial charge on any atom is 0.263 e. The van der Waals surface area contributed by atoms with Gasteiger partial charge in [0.2, 0.25) is 0 Å². The Morgan fingerprint density at radius 2 is 1.90 bits per heavy atom. The summed E-state index contributed by atoms with van der Waals surface area (Å²) in [4.78, 5) is 14.8. The molecule has 30 heavy (non-hydrogen) atoms. The highest BCUT2D eigenvalue weighted by molar-refractivity contribution is 7.91. The van der Waals surface area contributed by atoms with Crippen LogP contribution < -0.4 is 9.47 Å². The molecule has 9 heteroatoms. The number of halogens is 2. The second kappa shape index (κ2) is 9.45. The molecule has 1 saturated heterocycles. The smallest absolute Gasteiger partial charge is 0.263 e. The van der Waals surface area contributed by atoms with Gasteiger partial charge in [0.15, 0.2) is 15.9 Å². The number of amides is 1. The Hall–Kier alpha value is -1.96. The van der Waals surface area contributed by atoms with Crippen molar-refractivity contribution >= 4 is 38.9 Å². The first-order valence-electron chi connectivity index (χ1n) is 9.44. The van der Waals surface area contributed by atoms with E-state index >= 15 is 0 Å². The summed E-state index contributed by atoms with van der Waals surface area (Å²) in [5.41, 5.74) is 0.866. The van der Waals surface area contributed by atoms with Crippen LogP contribution in [0.5, 0.6) is 11.5 Å². The highest BCUT2D eigenvalue weighted by atomic mass is 35.5. The highest BCUT2D eigenvalue weighted by Crippen LogP contribution is 2.29. The Morgan fingerprint density at radius 3 is 2.47 bits per heavy atom. The van der Waals surface area contributed by atoms with Gasteiger partial charge in [-0.05, 0) is 49.2 Å². The molecule has 0 spiro atoms. The van der Waals surface area contributed by atoms with Crippen LogP contribution in [0.1, 0.15) is 18.9 Å². The fourth-order valence-electron chi connectivity index (χ4n) is 3.38. The molecule has 2 aromatic carbocycles. The standard InChI is InChI=1S/C21H23Cl2NO5S/c1-14(29-20-8-5-16(22)11-19(20)23)21(25)24(17-9-10-30(26,27)13-17)12-15-3-6-18(28-2)7-4-15/h3-8,11,14,17H,9-10,12-13H2,1-2H3/t14-,17+/m1/s1. The summed E-state index contributed by atoms with van der Waals surface area (Å²) < 4.78 is 35.0. The predicted octanol–water partition coefficient (Wildman–Crippen LogP) is 3.99. The van der Waals surface area contributed by atoms with E-state index in [2.05, 4.69) is 0 Å². The van der Waals surface area contributed by atoms with Crippen LogP contribution >= 0.6 is 23.2 Å². The highest BCUT2D eigenvalue weighted by Gasteiger charge is 2.36. The Labute approximate surface area is 186 Å². The normalized spacial score (nSPS) is 18.6. The van der Waals surface area contributed by atoms with E-state index in [1.807, 2.05) is 12.1 Å². The lowest BCUT2D eigenvalue weighted by Gasteiger charge is -2.31. The van der Waals surface area contributed by atoms with Crippen LogP contribution in [-0.4, -0.2) is 50.0 Å². The molecule has 2 aromatic rings. The van der Waals surface area contributed by atoms with Crippen LogP contribution in [0.25, 0.3) is 0 Å². The summed E-state index contributed by atoms with van der Waals surface area (Å²) in [6, 6.07) is 11.7. The monoisotopic (exact) mass is 471 g/mol. The van der Waals surface area contributed by atoms with Gasteiger partial charge in [0.05, 0.1) is 23.6 Å². The number of ether oxygens (including phenoxy) is 2. The van der Waals surface area contributed by atoms with Crippen LogP contribution in [0.4, 0.5) is 0 Å². The summed E-state index contributed by atoms with van der Waals surface area (Å²) in [6.45, 7) is 1.89. The molecule has 0 aromatic heterocycles. The number of carbonyl (C=O) groups is 1. The molecule has 2 atom stereocenters. The van der Waals surface area contributed by atoms with Crippen LogP contribution in [0.3, 0.4) is 0 Å². The first-order chi connectivity index (χ1) is 14.2. The van der Waals surface area contributed by atoms with Gasteiger partial charge < -0.3 is 14.4 Å². The van der Waals surface area contributed by atoms with Gasteiger partial charge in [-0.25, -0.2) is 8.42 Å². The van der Waals surface area contributed by atoms with Gasteiger partial charge >= 0.3 is 0 Å². The van der Waals surface area contributed by atoms with E-state index in [0.717, 1.165) is 5.56 Å². The summed E-state index contributed by atoms with van der Waals surface area (Å²) in [6.07, 6.45) is -0.455. The molecule has 0 N–H and O–H groups in total. The largest absolute Gasteiger partial charge is 0.497 e. The van der Waals surface area contributed by atoms with Gasteiger partial charge in [0.25, 0.3) is 5.91 Å². The lowest BCUT2D eigenvalue weighted by molar-refractivity contribution is -0.140. The van der Waals surface area contributed by atoms with Crippen molar-refractivity contribution in [1.29, 1.82) is 0 Å². The van der Waals surface area contributed by atoms with Crippen molar-refractivity contribution in [2.75, 3.05) is 18.6 Å². The van der Waals surface area contributed by atoms with Crippen molar-refractivity contribution in [2.45, 2.75) is 32.0 Å². The molecule has 3 rings (SSSR count). The molecular formula is C21H23Cl2NO5S. The van der Waals surface area contributed by atoms with Crippen LogP contribution in [0.2, 0.25) is 10.0 Å². The lowest BCUT2D eigenvalue weighted by atomic mass is 10.1. The fourth-order valence-corrected chi connectivity index (χ4v) is 5.56. The number of hydrogen-bond donors (Lipinski definition) is 0. The van der Waals surface area contributed by atoms with Gasteiger partial charge in [-0.2, -0.15) is 0 Å². The minimum absolute atomic E-state index is 0.0523. The van der Waals surface area contributed by atoms with Crippen molar-refractivity contribution in [3.05, 3.63) is 58.1 Å². The van der Waals surface area contributed by atoms with Crippen molar-refractivity contribution in [3.8, 4) is 11.5 Å². The van der Waals surface area contributed by atoms with Crippen molar-refractivity contribution in [1.82, 2.24) is 4.90 Å². The molecule has 0 unspecified atom stereocenters. The molecule has 1 aliphatic heterocycles. The van der Waals surface area contributed by atoms with E-state index in [4.69, 9.17) is 32.7 Å². The maximum atomic E-state index is 13.3. The molecule has 1 heterocycles. The summed E-state index contributed by atoms with van der Waals surface area (Å²) in [5.74, 6) is 0.754. The van der Waals surface area contributed by atoms with E-state index < -0.39 is 22.0 Å². The molecule has 6 nitrogen and oxygen atoms in total. The topological polar surface area (TPSA) is 72.9 Å². The second-order valence-corrected chi connectivity index (χ2v) is 10.3. The minimum atomic E-state index is -3.16. The van der Waals surface area contributed by atoms with Gasteiger partial charge in [0.1, 0.15) is 11.5 Å². The van der Waals surface area contributed by atoms with Crippen LogP contribution in [0.15, 0.2) is 42.5 Å². The third-order valence-electron chi connectivity index (χ3n) is 4.99. The van der Waals surface area contributed by atoms with Crippen LogP contribution in [-0.2, 0) is 21.2 Å². The van der Waals surface area contributed by atoms with Gasteiger partial charge in [-0.15, -0.1) is 0 Å². The summed E-state index contributed by atoms with van der Waals surface area (Å²) >= 11 is 12.1. The Kier molecular flexibility index (Phi) is 7.16. The van der Waals surface area contributed by atoms with E-state index in [1.165, 1.54) is 6.07 Å². The lowest BCUT2D eigenvalue weighted by Crippen LogP contribution is -2.46. The number of hydrogen-bond acceptors (Lipinski definition) is 5. The maximum absolute atomic E-state index is 13.3. The molecule has 0 saturated carbocycles. The minimum Gasteiger partial charge on any atom is -0.497 e. The van der Waals surface area contributed by atoms with Gasteiger partial charge in [-0.1, -0.05) is 35.3 Å². The first kappa shape index (κ1) is 22.7. The fraction of sp³-hybridized carbons (Fsp3) is 0.381. The first-order valence-corrected chi connectivity index (χ1v) is 12.0. The number of carbonyl (C=O) groups excluding carboxylic acids is 1. The quantitative estimate of drug-likeness (QED) is 0.610. The Balaban J connectivity index is 1.81. The van der Waals surface area contributed by atoms with E-state index in [-0.39, 0.29) is 24.0 Å². The van der Waals surface area contributed by atoms with Gasteiger partial charge in [-0.3, -0.25) is 4.79 Å². The predicted molar refractivity (Wildman–Crippen MR) is 117 cm³/mol. The molecule has 1 fully saturated rings. The number of benzene rings is 2. The zero-order valence-corrected chi connectivity index (χ0v) is 19.0. The molecule has 0 bridgehead atoms. The van der Waals surface area contributed by atoms with E-state index in [0.29, 0.717) is 28.0 Å². The van der Waals surface area contributed by atoms with Crippen molar-refractivity contribution in [2.24, 2.45) is 0 Å². The summed E-state index contributed by atoms with van der Waals surface area (Å²) in [7, 11) is -1.58. The Bertz CT molecular complexity index is 1010. The average molecular weight is 472 g/mol. The van der Waals surface area contributed by atoms with Crippen LogP contribution in [0, 0.1) is 0 Å². The molecule has 0 radical (unpaired) electrons. The Morgan fingerprint density at radius 1 is 1.20 bits per heavy atom. The molecule has 1 amide bonds. The number of nitrogens with zero attached hydrogens (tertiary/aromatic N) is 1. The summed E-state index contributed by atoms with van der Waals surface area (Å²) in [5, 5.41) is 0.760. The number of rotatable bonds is 7. The van der Waals surface area contributed by atoms with Crippen molar-refractivity contribution < 1.29 is 22.7 Å². The number of sulfone groups is 1. The molecular weight excluding hydrogens is 449 g/mol. The molecule has 0 aliphatic carbocycles. The van der Waals surface area contributed by atoms with E-state index in [9.17, 15) is 13.2 Å². The second-order valence-electron chi connectivity index (χ2n) is 7.21. The van der Waals surface area contributed by atoms with E-state index in [1.54, 1.807) is 43.2 Å². The SMILES string of the molecule is COc1ccc(CN(C(=O)[C@@H](C)Oc2ccc(Cl)cc2Cl)[C@H]2CCS(=O)(=O)C2)cc1. The zero-order valence-electron chi connectivity index (χ0n) is 16.7. The third kappa shape index (κ3) is 5.59. The third-order valence-corrected chi connectivity index (χ3v) is 7.27. The average Bonchev–Trinajstić information content (AvgIpc) is 3.07.